The van der Waals surface area contributed by atoms with Gasteiger partial charge in [-0.1, -0.05) is 104 Å². The summed E-state index contributed by atoms with van der Waals surface area (Å²) in [4.78, 5) is 11.6. The van der Waals surface area contributed by atoms with E-state index in [1.165, 1.54) is 83.5 Å². The standard InChI is InChI=1S/C22H44O2/c1-4-5-6-7-8-9-10-11-12-16-19-22(23)24-20-17-14-13-15-18-21(2)3/h21H,4-20H2,1-3H3. The second-order valence-corrected chi connectivity index (χ2v) is 7.75. The maximum atomic E-state index is 11.6. The van der Waals surface area contributed by atoms with Gasteiger partial charge in [0.2, 0.25) is 0 Å². The highest BCUT2D eigenvalue weighted by molar-refractivity contribution is 5.69. The van der Waals surface area contributed by atoms with Crippen LogP contribution in [0.4, 0.5) is 0 Å². The van der Waals surface area contributed by atoms with Gasteiger partial charge in [-0.15, -0.1) is 0 Å². The predicted octanol–water partition coefficient (Wildman–Crippen LogP) is 7.45. The van der Waals surface area contributed by atoms with Crippen LogP contribution in [0.1, 0.15) is 124 Å². The Bertz CT molecular complexity index is 261. The van der Waals surface area contributed by atoms with Crippen molar-refractivity contribution in [1.82, 2.24) is 0 Å². The third-order valence-corrected chi connectivity index (χ3v) is 4.67. The van der Waals surface area contributed by atoms with E-state index in [0.717, 1.165) is 18.8 Å². The zero-order valence-corrected chi connectivity index (χ0v) is 16.9. The van der Waals surface area contributed by atoms with Gasteiger partial charge in [-0.05, 0) is 18.8 Å². The Morgan fingerprint density at radius 2 is 1.21 bits per heavy atom. The molecule has 0 aliphatic heterocycles. The van der Waals surface area contributed by atoms with Crippen molar-refractivity contribution in [3.05, 3.63) is 0 Å². The van der Waals surface area contributed by atoms with Crippen LogP contribution < -0.4 is 0 Å². The molecule has 0 atom stereocenters. The van der Waals surface area contributed by atoms with Crippen LogP contribution in [0.2, 0.25) is 0 Å². The Morgan fingerprint density at radius 1 is 0.708 bits per heavy atom. The summed E-state index contributed by atoms with van der Waals surface area (Å²) in [7, 11) is 0. The van der Waals surface area contributed by atoms with E-state index < -0.39 is 0 Å². The Morgan fingerprint density at radius 3 is 1.79 bits per heavy atom. The van der Waals surface area contributed by atoms with Gasteiger partial charge in [-0.2, -0.15) is 0 Å². The average molecular weight is 341 g/mol. The molecule has 0 aromatic heterocycles. The van der Waals surface area contributed by atoms with Crippen molar-refractivity contribution in [2.24, 2.45) is 5.92 Å². The van der Waals surface area contributed by atoms with E-state index >= 15 is 0 Å². The molecule has 0 aliphatic carbocycles. The third-order valence-electron chi connectivity index (χ3n) is 4.67. The van der Waals surface area contributed by atoms with Crippen LogP contribution in [0.5, 0.6) is 0 Å². The van der Waals surface area contributed by atoms with E-state index in [9.17, 15) is 4.79 Å². The number of carbonyl (C=O) groups is 1. The minimum atomic E-state index is 0.0109. The second kappa shape index (κ2) is 18.8. The fraction of sp³-hybridized carbons (Fsp3) is 0.955. The molecule has 0 saturated heterocycles. The number of esters is 1. The monoisotopic (exact) mass is 340 g/mol. The van der Waals surface area contributed by atoms with Gasteiger partial charge in [0.1, 0.15) is 0 Å². The SMILES string of the molecule is CCCCCCCCCCCCC(=O)OCCCCCCC(C)C. The molecule has 0 heterocycles. The van der Waals surface area contributed by atoms with Crippen molar-refractivity contribution in [3.63, 3.8) is 0 Å². The van der Waals surface area contributed by atoms with Gasteiger partial charge in [0, 0.05) is 6.42 Å². The molecule has 0 rings (SSSR count). The van der Waals surface area contributed by atoms with Gasteiger partial charge >= 0.3 is 5.97 Å². The molecule has 0 saturated carbocycles. The summed E-state index contributed by atoms with van der Waals surface area (Å²) in [5, 5.41) is 0. The van der Waals surface area contributed by atoms with E-state index in [1.54, 1.807) is 0 Å². The van der Waals surface area contributed by atoms with Crippen LogP contribution in [0.3, 0.4) is 0 Å². The van der Waals surface area contributed by atoms with Crippen LogP contribution in [0.25, 0.3) is 0 Å². The maximum absolute atomic E-state index is 11.6. The molecule has 24 heavy (non-hydrogen) atoms. The maximum Gasteiger partial charge on any atom is 0.305 e. The molecular formula is C22H44O2. The zero-order valence-electron chi connectivity index (χ0n) is 16.9. The van der Waals surface area contributed by atoms with Gasteiger partial charge in [0.15, 0.2) is 0 Å². The van der Waals surface area contributed by atoms with Gasteiger partial charge in [0.05, 0.1) is 6.61 Å². The quantitative estimate of drug-likeness (QED) is 0.191. The van der Waals surface area contributed by atoms with E-state index in [-0.39, 0.29) is 5.97 Å². The van der Waals surface area contributed by atoms with Crippen molar-refractivity contribution in [2.75, 3.05) is 6.61 Å². The molecule has 0 fully saturated rings. The van der Waals surface area contributed by atoms with Gasteiger partial charge in [-0.25, -0.2) is 0 Å². The molecule has 0 aliphatic rings. The Hall–Kier alpha value is -0.530. The molecule has 0 unspecified atom stereocenters. The Labute approximate surface area is 152 Å². The molecular weight excluding hydrogens is 296 g/mol. The van der Waals surface area contributed by atoms with Crippen LogP contribution in [0, 0.1) is 5.92 Å². The lowest BCUT2D eigenvalue weighted by Crippen LogP contribution is -2.05. The number of carbonyl (C=O) groups excluding carboxylic acids is 1. The normalized spacial score (nSPS) is 11.2. The highest BCUT2D eigenvalue weighted by Gasteiger charge is 2.02. The van der Waals surface area contributed by atoms with Crippen LogP contribution >= 0.6 is 0 Å². The number of hydrogen-bond donors (Lipinski definition) is 0. The molecule has 0 aromatic rings. The number of hydrogen-bond acceptors (Lipinski definition) is 2. The smallest absolute Gasteiger partial charge is 0.305 e. The molecule has 0 amide bonds. The lowest BCUT2D eigenvalue weighted by molar-refractivity contribution is -0.143. The summed E-state index contributed by atoms with van der Waals surface area (Å²) in [6.45, 7) is 7.43. The number of unbranched alkanes of at least 4 members (excludes halogenated alkanes) is 12. The third kappa shape index (κ3) is 19.5. The summed E-state index contributed by atoms with van der Waals surface area (Å²) in [6.07, 6.45) is 19.8. The summed E-state index contributed by atoms with van der Waals surface area (Å²) in [5.41, 5.74) is 0. The molecule has 0 aromatic carbocycles. The van der Waals surface area contributed by atoms with Crippen LogP contribution in [-0.2, 0) is 9.53 Å². The first-order chi connectivity index (χ1) is 11.7. The van der Waals surface area contributed by atoms with Crippen molar-refractivity contribution in [1.29, 1.82) is 0 Å². The molecule has 0 spiro atoms. The highest BCUT2D eigenvalue weighted by Crippen LogP contribution is 2.12. The second-order valence-electron chi connectivity index (χ2n) is 7.75. The molecule has 144 valence electrons. The lowest BCUT2D eigenvalue weighted by Gasteiger charge is -2.06. The molecule has 0 bridgehead atoms. The van der Waals surface area contributed by atoms with Crippen LogP contribution in [-0.4, -0.2) is 12.6 Å². The fourth-order valence-corrected chi connectivity index (χ4v) is 3.02. The van der Waals surface area contributed by atoms with E-state index in [0.29, 0.717) is 13.0 Å². The summed E-state index contributed by atoms with van der Waals surface area (Å²) in [6, 6.07) is 0. The zero-order chi connectivity index (χ0) is 17.9. The highest BCUT2D eigenvalue weighted by atomic mass is 16.5. The average Bonchev–Trinajstić information content (AvgIpc) is 2.55. The molecule has 2 nitrogen and oxygen atoms in total. The van der Waals surface area contributed by atoms with Crippen molar-refractivity contribution in [2.45, 2.75) is 124 Å². The number of ether oxygens (including phenoxy) is 1. The van der Waals surface area contributed by atoms with Crippen molar-refractivity contribution < 1.29 is 9.53 Å². The van der Waals surface area contributed by atoms with Gasteiger partial charge in [-0.3, -0.25) is 4.79 Å². The molecule has 0 N–H and O–H groups in total. The summed E-state index contributed by atoms with van der Waals surface area (Å²) in [5.74, 6) is 0.820. The minimum Gasteiger partial charge on any atom is -0.466 e. The summed E-state index contributed by atoms with van der Waals surface area (Å²) >= 11 is 0. The van der Waals surface area contributed by atoms with E-state index in [4.69, 9.17) is 4.74 Å². The van der Waals surface area contributed by atoms with Gasteiger partial charge in [0.25, 0.3) is 0 Å². The predicted molar refractivity (Wildman–Crippen MR) is 105 cm³/mol. The number of rotatable bonds is 18. The van der Waals surface area contributed by atoms with Crippen LogP contribution in [0.15, 0.2) is 0 Å². The van der Waals surface area contributed by atoms with Crippen molar-refractivity contribution in [3.8, 4) is 0 Å². The topological polar surface area (TPSA) is 26.3 Å². The first-order valence-corrected chi connectivity index (χ1v) is 10.8. The minimum absolute atomic E-state index is 0.0109. The lowest BCUT2D eigenvalue weighted by atomic mass is 10.0. The largest absolute Gasteiger partial charge is 0.466 e. The Kier molecular flexibility index (Phi) is 18.4. The Balaban J connectivity index is 3.16. The van der Waals surface area contributed by atoms with Gasteiger partial charge < -0.3 is 4.74 Å². The first-order valence-electron chi connectivity index (χ1n) is 10.8. The van der Waals surface area contributed by atoms with Crippen molar-refractivity contribution >= 4 is 5.97 Å². The molecule has 0 radical (unpaired) electrons. The molecule has 2 heteroatoms. The summed E-state index contributed by atoms with van der Waals surface area (Å²) < 4.78 is 5.31. The van der Waals surface area contributed by atoms with E-state index in [2.05, 4.69) is 20.8 Å². The first kappa shape index (κ1) is 23.5. The van der Waals surface area contributed by atoms with E-state index in [1.807, 2.05) is 0 Å². The fourth-order valence-electron chi connectivity index (χ4n) is 3.02.